The minimum Gasteiger partial charge on any atom is -0.462 e. The van der Waals surface area contributed by atoms with E-state index in [0.29, 0.717) is 20.4 Å². The lowest BCUT2D eigenvalue weighted by molar-refractivity contribution is 0.105. The molecule has 0 spiro atoms. The molecule has 1 atom stereocenters. The van der Waals surface area contributed by atoms with Crippen molar-refractivity contribution in [2.75, 3.05) is 0 Å². The maximum atomic E-state index is 11.1. The summed E-state index contributed by atoms with van der Waals surface area (Å²) in [6.07, 6.45) is 0. The van der Waals surface area contributed by atoms with Crippen molar-refractivity contribution >= 4 is 20.4 Å². The zero-order valence-electron chi connectivity index (χ0n) is 8.39. The molecule has 0 radical (unpaired) electrons. The van der Waals surface area contributed by atoms with Crippen molar-refractivity contribution in [2.45, 2.75) is 39.0 Å². The van der Waals surface area contributed by atoms with Crippen LogP contribution in [0.1, 0.15) is 20.8 Å². The van der Waals surface area contributed by atoms with E-state index in [2.05, 4.69) is 0 Å². The normalized spacial score (nSPS) is 15.2. The monoisotopic (exact) mass is 169 g/mol. The van der Waals surface area contributed by atoms with Gasteiger partial charge in [0.2, 0.25) is 5.87 Å². The maximum Gasteiger partial charge on any atom is 0.263 e. The predicted molar refractivity (Wildman–Crippen MR) is 54.3 cm³/mol. The SMILES string of the molecule is CBC(C)(N)OC(=O)BC(C)C. The molecule has 12 heavy (non-hydrogen) atoms. The number of hydrogen-bond donors (Lipinski definition) is 1. The number of ether oxygens (including phenoxy) is 1. The summed E-state index contributed by atoms with van der Waals surface area (Å²) in [4.78, 5) is 11.1. The molecule has 0 aliphatic carbocycles. The summed E-state index contributed by atoms with van der Waals surface area (Å²) in [7, 11) is 1.07. The van der Waals surface area contributed by atoms with Crippen molar-refractivity contribution in [2.24, 2.45) is 5.73 Å². The average molecular weight is 169 g/mol. The summed E-state index contributed by atoms with van der Waals surface area (Å²) in [6, 6.07) is 0. The zero-order valence-corrected chi connectivity index (χ0v) is 8.39. The number of hydrogen-bond acceptors (Lipinski definition) is 3. The van der Waals surface area contributed by atoms with Crippen LogP contribution in [-0.2, 0) is 4.74 Å². The van der Waals surface area contributed by atoms with Crippen molar-refractivity contribution in [3.63, 3.8) is 0 Å². The van der Waals surface area contributed by atoms with Crippen LogP contribution in [0.25, 0.3) is 0 Å². The molecule has 0 heterocycles. The van der Waals surface area contributed by atoms with E-state index in [4.69, 9.17) is 10.5 Å². The van der Waals surface area contributed by atoms with Crippen LogP contribution in [0, 0.1) is 0 Å². The Bertz CT molecular complexity index is 159. The number of rotatable bonds is 4. The summed E-state index contributed by atoms with van der Waals surface area (Å²) in [5.41, 5.74) is 4.85. The van der Waals surface area contributed by atoms with E-state index >= 15 is 0 Å². The summed E-state index contributed by atoms with van der Waals surface area (Å²) < 4.78 is 5.04. The number of carbonyl (C=O) groups is 1. The molecule has 0 aliphatic rings. The predicted octanol–water partition coefficient (Wildman–Crippen LogP) is 0.505. The minimum atomic E-state index is -0.800. The molecular weight excluding hydrogens is 152 g/mol. The number of nitrogens with two attached hydrogens (primary N) is 1. The van der Waals surface area contributed by atoms with Crippen LogP contribution in [0.3, 0.4) is 0 Å². The highest BCUT2D eigenvalue weighted by Crippen LogP contribution is 2.04. The van der Waals surface area contributed by atoms with Crippen molar-refractivity contribution in [1.82, 2.24) is 0 Å². The second-order valence-corrected chi connectivity index (χ2v) is 3.74. The number of carbonyl (C=O) groups excluding carboxylic acids is 1. The highest BCUT2D eigenvalue weighted by molar-refractivity contribution is 6.73. The van der Waals surface area contributed by atoms with Gasteiger partial charge in [-0.15, -0.1) is 0 Å². The molecule has 0 amide bonds. The van der Waals surface area contributed by atoms with Crippen LogP contribution in [0.15, 0.2) is 0 Å². The van der Waals surface area contributed by atoms with Crippen LogP contribution < -0.4 is 5.73 Å². The van der Waals surface area contributed by atoms with Crippen LogP contribution in [-0.4, -0.2) is 26.1 Å². The smallest absolute Gasteiger partial charge is 0.263 e. The van der Waals surface area contributed by atoms with Crippen LogP contribution in [0.2, 0.25) is 12.6 Å². The van der Waals surface area contributed by atoms with Crippen molar-refractivity contribution in [3.05, 3.63) is 0 Å². The Hall–Kier alpha value is -0.440. The first-order chi connectivity index (χ1) is 5.37. The summed E-state index contributed by atoms with van der Waals surface area (Å²) in [5, 5.41) is 0. The van der Waals surface area contributed by atoms with Crippen LogP contribution >= 0.6 is 0 Å². The molecule has 0 aliphatic heterocycles. The molecule has 0 bridgehead atoms. The Labute approximate surface area is 75.5 Å². The third-order valence-electron chi connectivity index (χ3n) is 1.62. The van der Waals surface area contributed by atoms with Gasteiger partial charge in [0, 0.05) is 0 Å². The summed E-state index contributed by atoms with van der Waals surface area (Å²) in [5.74, 6) is 0.113. The molecule has 68 valence electrons. The van der Waals surface area contributed by atoms with Gasteiger partial charge in [-0.3, -0.25) is 4.79 Å². The molecule has 0 saturated heterocycles. The van der Waals surface area contributed by atoms with E-state index in [9.17, 15) is 4.79 Å². The van der Waals surface area contributed by atoms with Gasteiger partial charge in [-0.1, -0.05) is 26.5 Å². The fourth-order valence-electron chi connectivity index (χ4n) is 0.707. The molecule has 0 fully saturated rings. The highest BCUT2D eigenvalue weighted by Gasteiger charge is 2.22. The fraction of sp³-hybridized carbons (Fsp3) is 0.857. The van der Waals surface area contributed by atoms with Crippen molar-refractivity contribution < 1.29 is 9.53 Å². The molecular formula is C7H17B2NO2. The molecule has 0 aromatic heterocycles. The average Bonchev–Trinajstić information content (AvgIpc) is 1.84. The molecule has 1 unspecified atom stereocenters. The Morgan fingerprint density at radius 2 is 2.08 bits per heavy atom. The van der Waals surface area contributed by atoms with Crippen LogP contribution in [0.5, 0.6) is 0 Å². The summed E-state index contributed by atoms with van der Waals surface area (Å²) >= 11 is 0. The van der Waals surface area contributed by atoms with Gasteiger partial charge in [0.25, 0.3) is 7.28 Å². The van der Waals surface area contributed by atoms with Gasteiger partial charge in [0.15, 0.2) is 7.28 Å². The van der Waals surface area contributed by atoms with Crippen molar-refractivity contribution in [1.29, 1.82) is 0 Å². The van der Waals surface area contributed by atoms with E-state index in [1.165, 1.54) is 0 Å². The van der Waals surface area contributed by atoms with E-state index in [1.807, 2.05) is 20.7 Å². The van der Waals surface area contributed by atoms with Gasteiger partial charge in [0.05, 0.1) is 0 Å². The Balaban J connectivity index is 3.84. The van der Waals surface area contributed by atoms with E-state index in [-0.39, 0.29) is 5.87 Å². The Kier molecular flexibility index (Phi) is 4.39. The quantitative estimate of drug-likeness (QED) is 0.492. The Morgan fingerprint density at radius 3 is 2.42 bits per heavy atom. The van der Waals surface area contributed by atoms with E-state index in [1.54, 1.807) is 6.92 Å². The van der Waals surface area contributed by atoms with Gasteiger partial charge < -0.3 is 10.5 Å². The molecule has 0 rings (SSSR count). The molecule has 5 heteroatoms. The second-order valence-electron chi connectivity index (χ2n) is 3.74. The summed E-state index contributed by atoms with van der Waals surface area (Å²) in [6.45, 7) is 7.55. The van der Waals surface area contributed by atoms with Crippen molar-refractivity contribution in [3.8, 4) is 0 Å². The molecule has 2 N–H and O–H groups in total. The molecule has 3 nitrogen and oxygen atoms in total. The van der Waals surface area contributed by atoms with E-state index < -0.39 is 5.62 Å². The third kappa shape index (κ3) is 5.24. The third-order valence-corrected chi connectivity index (χ3v) is 1.62. The minimum absolute atomic E-state index is 0.211. The molecule has 0 aromatic carbocycles. The van der Waals surface area contributed by atoms with Gasteiger partial charge in [-0.05, 0) is 6.92 Å². The highest BCUT2D eigenvalue weighted by atomic mass is 16.6. The molecule has 0 saturated carbocycles. The lowest BCUT2D eigenvalue weighted by atomic mass is 9.65. The largest absolute Gasteiger partial charge is 0.462 e. The zero-order chi connectivity index (χ0) is 9.78. The van der Waals surface area contributed by atoms with Gasteiger partial charge in [-0.25, -0.2) is 0 Å². The lowest BCUT2D eigenvalue weighted by Gasteiger charge is -2.23. The first-order valence-electron chi connectivity index (χ1n) is 4.38. The topological polar surface area (TPSA) is 52.3 Å². The van der Waals surface area contributed by atoms with Gasteiger partial charge >= 0.3 is 0 Å². The standard InChI is InChI=1S/C7H17B2NO2/c1-5(2)9-6(11)12-7(3,10)8-4/h5,8-9H,10H2,1-4H3. The molecule has 0 aromatic rings. The maximum absolute atomic E-state index is 11.1. The fourth-order valence-corrected chi connectivity index (χ4v) is 0.707. The van der Waals surface area contributed by atoms with Gasteiger partial charge in [0.1, 0.15) is 5.62 Å². The van der Waals surface area contributed by atoms with Crippen LogP contribution in [0.4, 0.5) is 4.79 Å². The van der Waals surface area contributed by atoms with E-state index in [0.717, 1.165) is 0 Å². The van der Waals surface area contributed by atoms with Gasteiger partial charge in [-0.2, -0.15) is 0 Å². The second kappa shape index (κ2) is 4.55. The lowest BCUT2D eigenvalue weighted by Crippen LogP contribution is -2.46. The Morgan fingerprint density at radius 1 is 1.58 bits per heavy atom. The first kappa shape index (κ1) is 11.6. The first-order valence-corrected chi connectivity index (χ1v) is 4.38.